The van der Waals surface area contributed by atoms with Crippen LogP contribution >= 0.6 is 24.8 Å². The second-order valence-corrected chi connectivity index (χ2v) is 4.87. The molecule has 2 amide bonds. The predicted octanol–water partition coefficient (Wildman–Crippen LogP) is 0.995. The van der Waals surface area contributed by atoms with Crippen LogP contribution in [0.2, 0.25) is 0 Å². The summed E-state index contributed by atoms with van der Waals surface area (Å²) in [5.74, 6) is -0.412. The lowest BCUT2D eigenvalue weighted by Crippen LogP contribution is -2.50. The molecule has 6 nitrogen and oxygen atoms in total. The van der Waals surface area contributed by atoms with E-state index in [1.54, 1.807) is 29.3 Å². The highest BCUT2D eigenvalue weighted by atomic mass is 35.5. The molecule has 1 aliphatic heterocycles. The van der Waals surface area contributed by atoms with E-state index in [1.807, 2.05) is 0 Å². The Morgan fingerprint density at radius 3 is 2.73 bits per heavy atom. The quantitative estimate of drug-likeness (QED) is 0.849. The fourth-order valence-corrected chi connectivity index (χ4v) is 2.42. The first kappa shape index (κ1) is 20.6. The summed E-state index contributed by atoms with van der Waals surface area (Å²) in [6, 6.07) is 5.19. The molecular weight excluding hydrogens is 327 g/mol. The van der Waals surface area contributed by atoms with E-state index in [1.165, 1.54) is 0 Å². The first-order chi connectivity index (χ1) is 9.72. The van der Waals surface area contributed by atoms with Gasteiger partial charge < -0.3 is 16.0 Å². The summed E-state index contributed by atoms with van der Waals surface area (Å²) < 4.78 is 0. The van der Waals surface area contributed by atoms with Gasteiger partial charge >= 0.3 is 0 Å². The van der Waals surface area contributed by atoms with E-state index in [2.05, 4.69) is 10.3 Å². The minimum Gasteiger partial charge on any atom is -0.342 e. The van der Waals surface area contributed by atoms with Gasteiger partial charge in [0.15, 0.2) is 0 Å². The Morgan fingerprint density at radius 1 is 1.32 bits per heavy atom. The van der Waals surface area contributed by atoms with Gasteiger partial charge in [0.2, 0.25) is 5.91 Å². The molecule has 0 bridgehead atoms. The van der Waals surface area contributed by atoms with E-state index in [0.29, 0.717) is 12.2 Å². The van der Waals surface area contributed by atoms with Crippen molar-refractivity contribution in [1.82, 2.24) is 15.2 Å². The monoisotopic (exact) mass is 348 g/mol. The number of hydrogen-bond acceptors (Lipinski definition) is 4. The van der Waals surface area contributed by atoms with Crippen molar-refractivity contribution in [3.05, 3.63) is 30.1 Å². The number of pyridine rings is 1. The van der Waals surface area contributed by atoms with E-state index in [0.717, 1.165) is 25.8 Å². The van der Waals surface area contributed by atoms with E-state index >= 15 is 0 Å². The van der Waals surface area contributed by atoms with Crippen molar-refractivity contribution in [2.75, 3.05) is 19.6 Å². The number of hydrogen-bond donors (Lipinski definition) is 2. The van der Waals surface area contributed by atoms with E-state index in [9.17, 15) is 9.59 Å². The van der Waals surface area contributed by atoms with Crippen molar-refractivity contribution in [3.63, 3.8) is 0 Å². The van der Waals surface area contributed by atoms with Crippen LogP contribution in [-0.2, 0) is 4.79 Å². The van der Waals surface area contributed by atoms with Gasteiger partial charge in [0.05, 0.1) is 6.54 Å². The highest BCUT2D eigenvalue weighted by Crippen LogP contribution is 2.15. The molecule has 0 aliphatic carbocycles. The number of nitrogens with one attached hydrogen (secondary N) is 1. The maximum atomic E-state index is 12.1. The van der Waals surface area contributed by atoms with Gasteiger partial charge in [0, 0.05) is 25.3 Å². The van der Waals surface area contributed by atoms with Crippen LogP contribution in [-0.4, -0.2) is 47.4 Å². The van der Waals surface area contributed by atoms with Crippen molar-refractivity contribution >= 4 is 36.6 Å². The molecule has 1 fully saturated rings. The van der Waals surface area contributed by atoms with Crippen molar-refractivity contribution in [1.29, 1.82) is 0 Å². The number of piperidine rings is 1. The van der Waals surface area contributed by atoms with Gasteiger partial charge in [-0.2, -0.15) is 0 Å². The predicted molar refractivity (Wildman–Crippen MR) is 89.5 cm³/mol. The van der Waals surface area contributed by atoms with Gasteiger partial charge in [0.25, 0.3) is 5.91 Å². The van der Waals surface area contributed by atoms with Crippen LogP contribution in [0.15, 0.2) is 24.4 Å². The molecule has 22 heavy (non-hydrogen) atoms. The standard InChI is InChI=1S/C14H20N4O2.2ClH/c15-9-11-5-2-4-8-18(11)13(19)10-17-14(20)12-6-1-3-7-16-12;;/h1,3,6-7,11H,2,4-5,8-10,15H2,(H,17,20);2*1H. The second-order valence-electron chi connectivity index (χ2n) is 4.87. The number of nitrogens with zero attached hydrogens (tertiary/aromatic N) is 2. The maximum absolute atomic E-state index is 12.1. The molecule has 0 radical (unpaired) electrons. The summed E-state index contributed by atoms with van der Waals surface area (Å²) in [5, 5.41) is 2.61. The zero-order chi connectivity index (χ0) is 14.4. The van der Waals surface area contributed by atoms with Crippen molar-refractivity contribution in [2.45, 2.75) is 25.3 Å². The minimum atomic E-state index is -0.333. The Morgan fingerprint density at radius 2 is 2.09 bits per heavy atom. The number of aromatic nitrogens is 1. The molecule has 2 rings (SSSR count). The van der Waals surface area contributed by atoms with Crippen LogP contribution in [0.1, 0.15) is 29.8 Å². The Kier molecular flexibility index (Phi) is 9.73. The highest BCUT2D eigenvalue weighted by molar-refractivity contribution is 5.94. The number of carbonyl (C=O) groups is 2. The molecule has 1 aliphatic rings. The van der Waals surface area contributed by atoms with Gasteiger partial charge in [-0.3, -0.25) is 14.6 Å². The SMILES string of the molecule is Cl.Cl.NCC1CCCCN1C(=O)CNC(=O)c1ccccn1. The average Bonchev–Trinajstić information content (AvgIpc) is 2.53. The smallest absolute Gasteiger partial charge is 0.270 e. The molecule has 1 unspecified atom stereocenters. The lowest BCUT2D eigenvalue weighted by Gasteiger charge is -2.35. The summed E-state index contributed by atoms with van der Waals surface area (Å²) in [7, 11) is 0. The van der Waals surface area contributed by atoms with Crippen LogP contribution < -0.4 is 11.1 Å². The number of carbonyl (C=O) groups excluding carboxylic acids is 2. The number of nitrogens with two attached hydrogens (primary N) is 1. The summed E-state index contributed by atoms with van der Waals surface area (Å²) >= 11 is 0. The third-order valence-corrected chi connectivity index (χ3v) is 3.52. The van der Waals surface area contributed by atoms with Crippen molar-refractivity contribution in [3.8, 4) is 0 Å². The largest absolute Gasteiger partial charge is 0.342 e. The van der Waals surface area contributed by atoms with Gasteiger partial charge in [-0.05, 0) is 31.4 Å². The highest BCUT2D eigenvalue weighted by Gasteiger charge is 2.25. The Hall–Kier alpha value is -1.37. The van der Waals surface area contributed by atoms with Crippen LogP contribution in [0.4, 0.5) is 0 Å². The molecule has 0 aromatic carbocycles. The molecule has 124 valence electrons. The molecule has 1 atom stereocenters. The number of rotatable bonds is 4. The Bertz CT molecular complexity index is 473. The molecule has 1 saturated heterocycles. The molecule has 0 saturated carbocycles. The third-order valence-electron chi connectivity index (χ3n) is 3.52. The normalized spacial score (nSPS) is 17.0. The van der Waals surface area contributed by atoms with Crippen LogP contribution in [0.3, 0.4) is 0 Å². The zero-order valence-corrected chi connectivity index (χ0v) is 13.9. The van der Waals surface area contributed by atoms with E-state index in [-0.39, 0.29) is 49.2 Å². The van der Waals surface area contributed by atoms with Gasteiger partial charge in [-0.1, -0.05) is 6.07 Å². The summed E-state index contributed by atoms with van der Waals surface area (Å²) in [5.41, 5.74) is 6.00. The molecule has 0 spiro atoms. The zero-order valence-electron chi connectivity index (χ0n) is 12.2. The lowest BCUT2D eigenvalue weighted by atomic mass is 10.0. The van der Waals surface area contributed by atoms with Gasteiger partial charge in [-0.15, -0.1) is 24.8 Å². The Labute approximate surface area is 142 Å². The molecule has 1 aromatic rings. The van der Waals surface area contributed by atoms with E-state index in [4.69, 9.17) is 5.73 Å². The number of likely N-dealkylation sites (tertiary alicyclic amines) is 1. The maximum Gasteiger partial charge on any atom is 0.270 e. The molecule has 1 aromatic heterocycles. The average molecular weight is 349 g/mol. The first-order valence-corrected chi connectivity index (χ1v) is 6.91. The van der Waals surface area contributed by atoms with Crippen LogP contribution in [0.5, 0.6) is 0 Å². The van der Waals surface area contributed by atoms with Gasteiger partial charge in [0.1, 0.15) is 5.69 Å². The summed E-state index contributed by atoms with van der Waals surface area (Å²) in [4.78, 5) is 29.7. The summed E-state index contributed by atoms with van der Waals surface area (Å²) in [6.45, 7) is 1.19. The van der Waals surface area contributed by atoms with Crippen molar-refractivity contribution < 1.29 is 9.59 Å². The summed E-state index contributed by atoms with van der Waals surface area (Å²) in [6.07, 6.45) is 4.59. The molecule has 8 heteroatoms. The lowest BCUT2D eigenvalue weighted by molar-refractivity contribution is -0.133. The fraction of sp³-hybridized carbons (Fsp3) is 0.500. The molecule has 2 heterocycles. The number of amides is 2. The second kappa shape index (κ2) is 10.4. The minimum absolute atomic E-state index is 0. The third kappa shape index (κ3) is 5.44. The van der Waals surface area contributed by atoms with Crippen LogP contribution in [0.25, 0.3) is 0 Å². The first-order valence-electron chi connectivity index (χ1n) is 6.91. The Balaban J connectivity index is 0.00000220. The topological polar surface area (TPSA) is 88.3 Å². The number of halogens is 2. The fourth-order valence-electron chi connectivity index (χ4n) is 2.42. The van der Waals surface area contributed by atoms with Crippen LogP contribution in [0, 0.1) is 0 Å². The van der Waals surface area contributed by atoms with Gasteiger partial charge in [-0.25, -0.2) is 0 Å². The molecular formula is C14H22Cl2N4O2. The van der Waals surface area contributed by atoms with Crippen molar-refractivity contribution in [2.24, 2.45) is 5.73 Å². The molecule has 3 N–H and O–H groups in total. The van der Waals surface area contributed by atoms with E-state index < -0.39 is 0 Å².